The van der Waals surface area contributed by atoms with E-state index >= 15 is 0 Å². The summed E-state index contributed by atoms with van der Waals surface area (Å²) in [5.74, 6) is 1.40. The molecule has 1 atom stereocenters. The molecule has 2 aromatic carbocycles. The van der Waals surface area contributed by atoms with Crippen molar-refractivity contribution in [3.05, 3.63) is 54.6 Å². The number of rotatable bonds is 6. The zero-order valence-electron chi connectivity index (χ0n) is 20.5. The number of anilines is 2. The monoisotopic (exact) mass is 508 g/mol. The largest absolute Gasteiger partial charge is 0.497 e. The topological polar surface area (TPSA) is 91.8 Å². The number of ether oxygens (including phenoxy) is 1. The van der Waals surface area contributed by atoms with E-state index in [4.69, 9.17) is 9.72 Å². The van der Waals surface area contributed by atoms with Crippen molar-refractivity contribution in [1.29, 1.82) is 0 Å². The first kappa shape index (κ1) is 24.5. The normalized spacial score (nSPS) is 19.2. The van der Waals surface area contributed by atoms with E-state index in [1.807, 2.05) is 36.4 Å². The van der Waals surface area contributed by atoms with Gasteiger partial charge in [-0.2, -0.15) is 4.31 Å². The van der Waals surface area contributed by atoms with Crippen LogP contribution in [0.5, 0.6) is 5.75 Å². The number of benzene rings is 2. The van der Waals surface area contributed by atoms with Gasteiger partial charge >= 0.3 is 0 Å². The highest BCUT2D eigenvalue weighted by atomic mass is 32.2. The van der Waals surface area contributed by atoms with Gasteiger partial charge in [-0.1, -0.05) is 6.42 Å². The molecule has 9 heteroatoms. The second kappa shape index (κ2) is 10.4. The minimum Gasteiger partial charge on any atom is -0.497 e. The summed E-state index contributed by atoms with van der Waals surface area (Å²) in [5, 5.41) is 3.80. The van der Waals surface area contributed by atoms with Crippen molar-refractivity contribution in [2.75, 3.05) is 43.5 Å². The molecule has 0 aliphatic carbocycles. The van der Waals surface area contributed by atoms with E-state index in [-0.39, 0.29) is 11.8 Å². The fraction of sp³-hybridized carbons (Fsp3) is 0.407. The Labute approximate surface area is 212 Å². The minimum absolute atomic E-state index is 0.00165. The van der Waals surface area contributed by atoms with Gasteiger partial charge < -0.3 is 15.0 Å². The summed E-state index contributed by atoms with van der Waals surface area (Å²) in [5.41, 5.74) is 1.49. The number of methoxy groups -OCH3 is 1. The van der Waals surface area contributed by atoms with Crippen LogP contribution in [-0.2, 0) is 14.8 Å². The molecule has 3 aromatic rings. The molecule has 190 valence electrons. The first-order chi connectivity index (χ1) is 17.4. The molecule has 2 fully saturated rings. The van der Waals surface area contributed by atoms with Crippen LogP contribution in [0.4, 0.5) is 11.5 Å². The SMILES string of the molecule is COc1ccc(NC(=O)[C@@H]2CCCN(c3ccc4cc(S(=O)(=O)N5CCCCC5)ccc4n3)C2)cc1. The lowest BCUT2D eigenvalue weighted by molar-refractivity contribution is -0.120. The minimum atomic E-state index is -3.49. The van der Waals surface area contributed by atoms with E-state index in [2.05, 4.69) is 10.2 Å². The summed E-state index contributed by atoms with van der Waals surface area (Å²) in [6, 6.07) is 16.3. The molecule has 2 aliphatic rings. The third-order valence-corrected chi connectivity index (χ3v) is 8.97. The summed E-state index contributed by atoms with van der Waals surface area (Å²) in [6.45, 7) is 2.58. The molecule has 1 amide bonds. The van der Waals surface area contributed by atoms with Crippen molar-refractivity contribution >= 4 is 38.3 Å². The number of amides is 1. The first-order valence-electron chi connectivity index (χ1n) is 12.5. The average Bonchev–Trinajstić information content (AvgIpc) is 2.93. The Balaban J connectivity index is 1.29. The molecule has 0 unspecified atom stereocenters. The van der Waals surface area contributed by atoms with Crippen molar-refractivity contribution in [3.8, 4) is 5.75 Å². The molecule has 1 aromatic heterocycles. The number of nitrogens with one attached hydrogen (secondary N) is 1. The Morgan fingerprint density at radius 2 is 1.75 bits per heavy atom. The fourth-order valence-corrected chi connectivity index (χ4v) is 6.55. The summed E-state index contributed by atoms with van der Waals surface area (Å²) >= 11 is 0. The van der Waals surface area contributed by atoms with Crippen LogP contribution in [0, 0.1) is 5.92 Å². The smallest absolute Gasteiger partial charge is 0.243 e. The molecule has 8 nitrogen and oxygen atoms in total. The van der Waals surface area contributed by atoms with Crippen LogP contribution in [0.25, 0.3) is 10.9 Å². The number of sulfonamides is 1. The van der Waals surface area contributed by atoms with Crippen molar-refractivity contribution in [2.24, 2.45) is 5.92 Å². The highest BCUT2D eigenvalue weighted by molar-refractivity contribution is 7.89. The summed E-state index contributed by atoms with van der Waals surface area (Å²) < 4.78 is 32.9. The number of nitrogens with zero attached hydrogens (tertiary/aromatic N) is 3. The predicted molar refractivity (Wildman–Crippen MR) is 141 cm³/mol. The number of carbonyl (C=O) groups is 1. The van der Waals surface area contributed by atoms with Gasteiger partial charge in [-0.15, -0.1) is 0 Å². The average molecular weight is 509 g/mol. The zero-order chi connectivity index (χ0) is 25.1. The number of aromatic nitrogens is 1. The van der Waals surface area contributed by atoms with Gasteiger partial charge in [0.15, 0.2) is 0 Å². The lowest BCUT2D eigenvalue weighted by Crippen LogP contribution is -2.41. The van der Waals surface area contributed by atoms with Gasteiger partial charge in [-0.05, 0) is 80.3 Å². The molecule has 2 aliphatic heterocycles. The Bertz CT molecular complexity index is 1340. The standard InChI is InChI=1S/C27H32N4O4S/c1-35-23-10-8-22(9-11-23)28-27(32)21-6-5-15-30(19-21)26-14-7-20-18-24(12-13-25(20)29-26)36(33,34)31-16-3-2-4-17-31/h7-14,18,21H,2-6,15-17,19H2,1H3,(H,28,32)/t21-/m1/s1. The van der Waals surface area contributed by atoms with E-state index in [9.17, 15) is 13.2 Å². The lowest BCUT2D eigenvalue weighted by Gasteiger charge is -2.33. The molecule has 1 N–H and O–H groups in total. The van der Waals surface area contributed by atoms with Crippen LogP contribution in [0.1, 0.15) is 32.1 Å². The van der Waals surface area contributed by atoms with Crippen molar-refractivity contribution in [3.63, 3.8) is 0 Å². The van der Waals surface area contributed by atoms with Crippen molar-refractivity contribution in [2.45, 2.75) is 37.0 Å². The molecule has 36 heavy (non-hydrogen) atoms. The third kappa shape index (κ3) is 5.17. The Hall–Kier alpha value is -3.17. The number of hydrogen-bond donors (Lipinski definition) is 1. The van der Waals surface area contributed by atoms with E-state index in [0.29, 0.717) is 24.5 Å². The predicted octanol–water partition coefficient (Wildman–Crippen LogP) is 4.27. The molecule has 0 spiro atoms. The molecule has 2 saturated heterocycles. The fourth-order valence-electron chi connectivity index (χ4n) is 5.00. The summed E-state index contributed by atoms with van der Waals surface area (Å²) in [4.78, 5) is 20.2. The zero-order valence-corrected chi connectivity index (χ0v) is 21.3. The van der Waals surface area contributed by atoms with Crippen LogP contribution >= 0.6 is 0 Å². The molecule has 3 heterocycles. The number of piperidine rings is 2. The maximum atomic E-state index is 13.1. The highest BCUT2D eigenvalue weighted by Crippen LogP contribution is 2.28. The Kier molecular flexibility index (Phi) is 7.11. The highest BCUT2D eigenvalue weighted by Gasteiger charge is 2.28. The van der Waals surface area contributed by atoms with Crippen LogP contribution in [-0.4, -0.2) is 56.9 Å². The Morgan fingerprint density at radius 1 is 0.972 bits per heavy atom. The van der Waals surface area contributed by atoms with Gasteiger partial charge in [0.25, 0.3) is 0 Å². The Morgan fingerprint density at radius 3 is 2.50 bits per heavy atom. The van der Waals surface area contributed by atoms with E-state index in [1.54, 1.807) is 29.6 Å². The molecule has 0 saturated carbocycles. The quantitative estimate of drug-likeness (QED) is 0.535. The number of carbonyl (C=O) groups excluding carboxylic acids is 1. The van der Waals surface area contributed by atoms with Gasteiger partial charge in [-0.3, -0.25) is 4.79 Å². The van der Waals surface area contributed by atoms with E-state index in [1.165, 1.54) is 0 Å². The molecular formula is C27H32N4O4S. The van der Waals surface area contributed by atoms with Gasteiger partial charge in [-0.25, -0.2) is 13.4 Å². The van der Waals surface area contributed by atoms with Gasteiger partial charge in [0.2, 0.25) is 15.9 Å². The number of fused-ring (bicyclic) bond motifs is 1. The molecule has 0 bridgehead atoms. The van der Waals surface area contributed by atoms with Crippen LogP contribution in [0.3, 0.4) is 0 Å². The third-order valence-electron chi connectivity index (χ3n) is 7.07. The second-order valence-corrected chi connectivity index (χ2v) is 11.4. The van der Waals surface area contributed by atoms with Gasteiger partial charge in [0, 0.05) is 37.3 Å². The molecule has 0 radical (unpaired) electrons. The molecule has 5 rings (SSSR count). The molecular weight excluding hydrogens is 476 g/mol. The van der Waals surface area contributed by atoms with Gasteiger partial charge in [0.1, 0.15) is 11.6 Å². The van der Waals surface area contributed by atoms with Crippen LogP contribution in [0.15, 0.2) is 59.5 Å². The first-order valence-corrected chi connectivity index (χ1v) is 14.0. The van der Waals surface area contributed by atoms with Gasteiger partial charge in [0.05, 0.1) is 23.4 Å². The number of pyridine rings is 1. The van der Waals surface area contributed by atoms with E-state index < -0.39 is 10.0 Å². The summed E-state index contributed by atoms with van der Waals surface area (Å²) in [7, 11) is -1.87. The lowest BCUT2D eigenvalue weighted by atomic mass is 9.97. The number of hydrogen-bond acceptors (Lipinski definition) is 6. The maximum absolute atomic E-state index is 13.1. The second-order valence-electron chi connectivity index (χ2n) is 9.49. The van der Waals surface area contributed by atoms with Crippen LogP contribution in [0.2, 0.25) is 0 Å². The maximum Gasteiger partial charge on any atom is 0.243 e. The summed E-state index contributed by atoms with van der Waals surface area (Å²) in [6.07, 6.45) is 4.62. The van der Waals surface area contributed by atoms with Crippen molar-refractivity contribution < 1.29 is 17.9 Å². The van der Waals surface area contributed by atoms with E-state index in [0.717, 1.165) is 66.8 Å². The van der Waals surface area contributed by atoms with Crippen LogP contribution < -0.4 is 15.0 Å². The van der Waals surface area contributed by atoms with Crippen molar-refractivity contribution in [1.82, 2.24) is 9.29 Å².